The zero-order valence-electron chi connectivity index (χ0n) is 8.97. The van der Waals surface area contributed by atoms with E-state index in [2.05, 4.69) is 13.8 Å². The molecule has 0 aromatic rings. The van der Waals surface area contributed by atoms with E-state index in [0.29, 0.717) is 5.92 Å². The summed E-state index contributed by atoms with van der Waals surface area (Å²) in [7, 11) is -1.15. The summed E-state index contributed by atoms with van der Waals surface area (Å²) >= 11 is 0. The SMILES string of the molecule is CC(C)CN(C)C1CS(=O)(=O)CC1O. The Labute approximate surface area is 85.8 Å². The molecule has 0 aliphatic carbocycles. The molecule has 1 heterocycles. The molecule has 0 bridgehead atoms. The number of hydrogen-bond acceptors (Lipinski definition) is 4. The number of nitrogens with zero attached hydrogens (tertiary/aromatic N) is 1. The van der Waals surface area contributed by atoms with Gasteiger partial charge in [-0.05, 0) is 13.0 Å². The average Bonchev–Trinajstić information content (AvgIpc) is 2.23. The Bertz CT molecular complexity index is 286. The summed E-state index contributed by atoms with van der Waals surface area (Å²) in [5.41, 5.74) is 0. The first-order valence-corrected chi connectivity index (χ1v) is 6.72. The predicted molar refractivity (Wildman–Crippen MR) is 55.9 cm³/mol. The molecule has 1 N–H and O–H groups in total. The number of sulfone groups is 1. The van der Waals surface area contributed by atoms with Gasteiger partial charge in [0.25, 0.3) is 0 Å². The highest BCUT2D eigenvalue weighted by Gasteiger charge is 2.38. The van der Waals surface area contributed by atoms with Crippen LogP contribution in [-0.4, -0.2) is 55.7 Å². The topological polar surface area (TPSA) is 57.6 Å². The quantitative estimate of drug-likeness (QED) is 0.713. The van der Waals surface area contributed by atoms with Gasteiger partial charge in [-0.2, -0.15) is 0 Å². The van der Waals surface area contributed by atoms with Crippen molar-refractivity contribution in [1.82, 2.24) is 4.90 Å². The van der Waals surface area contributed by atoms with Crippen LogP contribution in [0.25, 0.3) is 0 Å². The van der Waals surface area contributed by atoms with Crippen molar-refractivity contribution in [1.29, 1.82) is 0 Å². The zero-order chi connectivity index (χ0) is 10.9. The average molecular weight is 221 g/mol. The van der Waals surface area contributed by atoms with Gasteiger partial charge < -0.3 is 5.11 Å². The minimum Gasteiger partial charge on any atom is -0.390 e. The van der Waals surface area contributed by atoms with Gasteiger partial charge in [-0.25, -0.2) is 8.42 Å². The second-order valence-corrected chi connectivity index (χ2v) is 6.70. The molecular formula is C9H19NO3S. The Kier molecular flexibility index (Phi) is 3.55. The van der Waals surface area contributed by atoms with Crippen molar-refractivity contribution >= 4 is 9.84 Å². The highest BCUT2D eigenvalue weighted by molar-refractivity contribution is 7.91. The predicted octanol–water partition coefficient (Wildman–Crippen LogP) is -0.268. The number of aliphatic hydroxyl groups excluding tert-OH is 1. The van der Waals surface area contributed by atoms with Gasteiger partial charge in [0.1, 0.15) is 0 Å². The van der Waals surface area contributed by atoms with E-state index < -0.39 is 15.9 Å². The van der Waals surface area contributed by atoms with Crippen LogP contribution in [0.15, 0.2) is 0 Å². The third-order valence-electron chi connectivity index (χ3n) is 2.51. The molecule has 1 fully saturated rings. The van der Waals surface area contributed by atoms with E-state index in [1.54, 1.807) is 0 Å². The van der Waals surface area contributed by atoms with E-state index in [-0.39, 0.29) is 17.5 Å². The molecule has 0 aromatic heterocycles. The summed E-state index contributed by atoms with van der Waals surface area (Å²) in [6, 6.07) is -0.220. The van der Waals surface area contributed by atoms with Crippen LogP contribution in [0.4, 0.5) is 0 Å². The fourth-order valence-electron chi connectivity index (χ4n) is 1.94. The molecular weight excluding hydrogens is 202 g/mol. The summed E-state index contributed by atoms with van der Waals surface area (Å²) in [6.45, 7) is 4.97. The molecule has 1 rings (SSSR count). The molecule has 84 valence electrons. The van der Waals surface area contributed by atoms with Crippen molar-refractivity contribution in [3.8, 4) is 0 Å². The minimum atomic E-state index is -3.02. The molecule has 0 amide bonds. The first kappa shape index (κ1) is 11.9. The molecule has 1 saturated heterocycles. The van der Waals surface area contributed by atoms with Crippen molar-refractivity contribution in [2.24, 2.45) is 5.92 Å². The number of likely N-dealkylation sites (N-methyl/N-ethyl adjacent to an activating group) is 1. The van der Waals surface area contributed by atoms with Crippen LogP contribution in [0, 0.1) is 5.92 Å². The normalized spacial score (nSPS) is 31.6. The fourth-order valence-corrected chi connectivity index (χ4v) is 3.82. The van der Waals surface area contributed by atoms with Gasteiger partial charge in [0.2, 0.25) is 0 Å². The molecule has 14 heavy (non-hydrogen) atoms. The molecule has 0 spiro atoms. The first-order valence-electron chi connectivity index (χ1n) is 4.90. The molecule has 0 aromatic carbocycles. The monoisotopic (exact) mass is 221 g/mol. The van der Waals surface area contributed by atoms with Gasteiger partial charge >= 0.3 is 0 Å². The van der Waals surface area contributed by atoms with E-state index in [0.717, 1.165) is 6.54 Å². The molecule has 4 nitrogen and oxygen atoms in total. The molecule has 2 atom stereocenters. The summed E-state index contributed by atoms with van der Waals surface area (Å²) in [6.07, 6.45) is -0.719. The summed E-state index contributed by atoms with van der Waals surface area (Å²) in [4.78, 5) is 1.94. The van der Waals surface area contributed by atoms with Crippen LogP contribution in [0.3, 0.4) is 0 Å². The number of aliphatic hydroxyl groups is 1. The van der Waals surface area contributed by atoms with E-state index in [1.807, 2.05) is 11.9 Å². The second-order valence-electron chi connectivity index (χ2n) is 4.55. The van der Waals surface area contributed by atoms with Crippen LogP contribution in [-0.2, 0) is 9.84 Å². The molecule has 0 saturated carbocycles. The highest BCUT2D eigenvalue weighted by atomic mass is 32.2. The third-order valence-corrected chi connectivity index (χ3v) is 4.21. The lowest BCUT2D eigenvalue weighted by Crippen LogP contribution is -2.42. The van der Waals surface area contributed by atoms with Gasteiger partial charge in [0, 0.05) is 6.54 Å². The van der Waals surface area contributed by atoms with Crippen LogP contribution < -0.4 is 0 Å². The first-order chi connectivity index (χ1) is 6.32. The maximum atomic E-state index is 11.3. The van der Waals surface area contributed by atoms with Crippen LogP contribution in [0.1, 0.15) is 13.8 Å². The lowest BCUT2D eigenvalue weighted by Gasteiger charge is -2.27. The molecule has 1 aliphatic rings. The van der Waals surface area contributed by atoms with E-state index in [4.69, 9.17) is 0 Å². The van der Waals surface area contributed by atoms with Gasteiger partial charge in [-0.1, -0.05) is 13.8 Å². The maximum Gasteiger partial charge on any atom is 0.154 e. The van der Waals surface area contributed by atoms with Crippen molar-refractivity contribution in [3.63, 3.8) is 0 Å². The van der Waals surface area contributed by atoms with Crippen LogP contribution in [0.2, 0.25) is 0 Å². The third kappa shape index (κ3) is 2.93. The van der Waals surface area contributed by atoms with Gasteiger partial charge in [-0.3, -0.25) is 4.90 Å². The fraction of sp³-hybridized carbons (Fsp3) is 1.00. The Balaban J connectivity index is 2.61. The summed E-state index contributed by atoms with van der Waals surface area (Å²) in [5, 5.41) is 9.59. The van der Waals surface area contributed by atoms with Crippen molar-refractivity contribution in [2.45, 2.75) is 26.0 Å². The molecule has 2 unspecified atom stereocenters. The van der Waals surface area contributed by atoms with Crippen molar-refractivity contribution in [3.05, 3.63) is 0 Å². The minimum absolute atomic E-state index is 0.0832. The van der Waals surface area contributed by atoms with E-state index in [9.17, 15) is 13.5 Å². The largest absolute Gasteiger partial charge is 0.390 e. The molecule has 1 aliphatic heterocycles. The summed E-state index contributed by atoms with van der Waals surface area (Å²) < 4.78 is 22.5. The van der Waals surface area contributed by atoms with Gasteiger partial charge in [0.05, 0.1) is 23.7 Å². The Hall–Kier alpha value is -0.130. The van der Waals surface area contributed by atoms with Crippen molar-refractivity contribution in [2.75, 3.05) is 25.1 Å². The standard InChI is InChI=1S/C9H19NO3S/c1-7(2)4-10(3)8-5-14(12,13)6-9(8)11/h7-9,11H,4-6H2,1-3H3. The molecule has 5 heteroatoms. The van der Waals surface area contributed by atoms with Gasteiger partial charge in [-0.15, -0.1) is 0 Å². The smallest absolute Gasteiger partial charge is 0.154 e. The van der Waals surface area contributed by atoms with Crippen LogP contribution >= 0.6 is 0 Å². The van der Waals surface area contributed by atoms with E-state index >= 15 is 0 Å². The Morgan fingerprint density at radius 3 is 2.36 bits per heavy atom. The number of hydrogen-bond donors (Lipinski definition) is 1. The Morgan fingerprint density at radius 1 is 1.43 bits per heavy atom. The maximum absolute atomic E-state index is 11.3. The second kappa shape index (κ2) is 4.16. The zero-order valence-corrected chi connectivity index (χ0v) is 9.79. The Morgan fingerprint density at radius 2 is 2.00 bits per heavy atom. The highest BCUT2D eigenvalue weighted by Crippen LogP contribution is 2.18. The van der Waals surface area contributed by atoms with Gasteiger partial charge in [0.15, 0.2) is 9.84 Å². The lowest BCUT2D eigenvalue weighted by atomic mass is 10.1. The van der Waals surface area contributed by atoms with E-state index in [1.165, 1.54) is 0 Å². The molecule has 0 radical (unpaired) electrons. The number of rotatable bonds is 3. The lowest BCUT2D eigenvalue weighted by molar-refractivity contribution is 0.0930. The van der Waals surface area contributed by atoms with Crippen molar-refractivity contribution < 1.29 is 13.5 Å². The van der Waals surface area contributed by atoms with Crippen LogP contribution in [0.5, 0.6) is 0 Å². The summed E-state index contributed by atoms with van der Waals surface area (Å²) in [5.74, 6) is 0.493.